The first-order valence-electron chi connectivity index (χ1n) is 7.72. The van der Waals surface area contributed by atoms with Gasteiger partial charge in [0.05, 0.1) is 38.6 Å². The van der Waals surface area contributed by atoms with Crippen molar-refractivity contribution in [3.8, 4) is 0 Å². The number of aliphatic hydroxyl groups is 2. The summed E-state index contributed by atoms with van der Waals surface area (Å²) in [5.41, 5.74) is 1.11. The van der Waals surface area contributed by atoms with E-state index in [2.05, 4.69) is 0 Å². The zero-order valence-corrected chi connectivity index (χ0v) is 13.3. The van der Waals surface area contributed by atoms with Crippen LogP contribution in [0, 0.1) is 5.92 Å². The fraction of sp³-hybridized carbons (Fsp3) is 0.647. The average Bonchev–Trinajstić information content (AvgIpc) is 2.50. The minimum Gasteiger partial charge on any atom is -0.394 e. The number of benzene rings is 1. The van der Waals surface area contributed by atoms with Crippen LogP contribution in [-0.4, -0.2) is 48.0 Å². The molecule has 1 aliphatic rings. The van der Waals surface area contributed by atoms with Crippen molar-refractivity contribution in [2.75, 3.05) is 19.8 Å². The molecule has 1 unspecified atom stereocenters. The SMILES string of the molecule is CC1(C)OC[C@H](CC(O)CO)[C@H](COCc2ccccc2)O1. The van der Waals surface area contributed by atoms with E-state index in [9.17, 15) is 5.11 Å². The molecule has 1 aliphatic heterocycles. The van der Waals surface area contributed by atoms with Gasteiger partial charge in [-0.3, -0.25) is 0 Å². The number of hydrogen-bond donors (Lipinski definition) is 2. The third-order valence-electron chi connectivity index (χ3n) is 3.79. The summed E-state index contributed by atoms with van der Waals surface area (Å²) in [6, 6.07) is 9.96. The topological polar surface area (TPSA) is 68.2 Å². The summed E-state index contributed by atoms with van der Waals surface area (Å²) in [4.78, 5) is 0. The second-order valence-electron chi connectivity index (χ2n) is 6.20. The molecular formula is C17H26O5. The van der Waals surface area contributed by atoms with Crippen LogP contribution in [0.15, 0.2) is 30.3 Å². The Labute approximate surface area is 131 Å². The average molecular weight is 310 g/mol. The van der Waals surface area contributed by atoms with E-state index in [1.54, 1.807) is 0 Å². The lowest BCUT2D eigenvalue weighted by Gasteiger charge is -2.41. The van der Waals surface area contributed by atoms with Crippen LogP contribution in [0.2, 0.25) is 0 Å². The van der Waals surface area contributed by atoms with Gasteiger partial charge in [0.1, 0.15) is 0 Å². The van der Waals surface area contributed by atoms with Gasteiger partial charge in [-0.15, -0.1) is 0 Å². The minimum atomic E-state index is -0.755. The number of hydrogen-bond acceptors (Lipinski definition) is 5. The lowest BCUT2D eigenvalue weighted by Crippen LogP contribution is -2.48. The monoisotopic (exact) mass is 310 g/mol. The summed E-state index contributed by atoms with van der Waals surface area (Å²) in [6.45, 7) is 4.94. The molecule has 0 spiro atoms. The molecule has 0 aromatic heterocycles. The molecule has 1 saturated heterocycles. The highest BCUT2D eigenvalue weighted by molar-refractivity contribution is 5.13. The maximum atomic E-state index is 9.66. The Morgan fingerprint density at radius 2 is 2.05 bits per heavy atom. The Morgan fingerprint density at radius 3 is 2.73 bits per heavy atom. The maximum Gasteiger partial charge on any atom is 0.163 e. The molecule has 0 bridgehead atoms. The van der Waals surface area contributed by atoms with Gasteiger partial charge in [-0.25, -0.2) is 0 Å². The van der Waals surface area contributed by atoms with Gasteiger partial charge in [-0.05, 0) is 25.8 Å². The van der Waals surface area contributed by atoms with E-state index < -0.39 is 11.9 Å². The first-order chi connectivity index (χ1) is 10.5. The molecule has 22 heavy (non-hydrogen) atoms. The highest BCUT2D eigenvalue weighted by Gasteiger charge is 2.37. The van der Waals surface area contributed by atoms with Crippen molar-refractivity contribution in [2.24, 2.45) is 5.92 Å². The van der Waals surface area contributed by atoms with Gasteiger partial charge < -0.3 is 24.4 Å². The predicted molar refractivity (Wildman–Crippen MR) is 82.2 cm³/mol. The normalized spacial score (nSPS) is 25.8. The summed E-state index contributed by atoms with van der Waals surface area (Å²) in [6.07, 6.45) is -0.477. The molecule has 0 radical (unpaired) electrons. The fourth-order valence-corrected chi connectivity index (χ4v) is 2.59. The van der Waals surface area contributed by atoms with Crippen LogP contribution in [0.25, 0.3) is 0 Å². The molecule has 5 nitrogen and oxygen atoms in total. The van der Waals surface area contributed by atoms with Gasteiger partial charge in [0, 0.05) is 5.92 Å². The number of rotatable bonds is 7. The van der Waals surface area contributed by atoms with Crippen molar-refractivity contribution in [3.63, 3.8) is 0 Å². The second-order valence-corrected chi connectivity index (χ2v) is 6.20. The van der Waals surface area contributed by atoms with Gasteiger partial charge in [0.2, 0.25) is 0 Å². The Hall–Kier alpha value is -0.980. The zero-order valence-electron chi connectivity index (χ0n) is 13.3. The van der Waals surface area contributed by atoms with Gasteiger partial charge >= 0.3 is 0 Å². The Balaban J connectivity index is 1.87. The molecule has 0 saturated carbocycles. The quantitative estimate of drug-likeness (QED) is 0.802. The standard InChI is InChI=1S/C17H26O5/c1-17(2)21-11-14(8-15(19)9-18)16(22-17)12-20-10-13-6-4-3-5-7-13/h3-7,14-16,18-19H,8-12H2,1-2H3/t14-,15?,16-/m0/s1. The van der Waals surface area contributed by atoms with E-state index in [0.717, 1.165) is 5.56 Å². The third kappa shape index (κ3) is 5.34. The third-order valence-corrected chi connectivity index (χ3v) is 3.79. The number of ether oxygens (including phenoxy) is 3. The smallest absolute Gasteiger partial charge is 0.163 e. The highest BCUT2D eigenvalue weighted by Crippen LogP contribution is 2.29. The summed E-state index contributed by atoms with van der Waals surface area (Å²) in [7, 11) is 0. The molecular weight excluding hydrogens is 284 g/mol. The van der Waals surface area contributed by atoms with Gasteiger partial charge in [0.15, 0.2) is 5.79 Å². The van der Waals surface area contributed by atoms with E-state index in [1.165, 1.54) is 0 Å². The van der Waals surface area contributed by atoms with Crippen LogP contribution < -0.4 is 0 Å². The van der Waals surface area contributed by atoms with E-state index in [1.807, 2.05) is 44.2 Å². The van der Waals surface area contributed by atoms with Crippen LogP contribution in [0.1, 0.15) is 25.8 Å². The molecule has 5 heteroatoms. The van der Waals surface area contributed by atoms with Crippen LogP contribution in [0.3, 0.4) is 0 Å². The highest BCUT2D eigenvalue weighted by atomic mass is 16.7. The van der Waals surface area contributed by atoms with E-state index >= 15 is 0 Å². The van der Waals surface area contributed by atoms with Crippen molar-refractivity contribution in [2.45, 2.75) is 44.9 Å². The van der Waals surface area contributed by atoms with E-state index in [-0.39, 0.29) is 18.6 Å². The molecule has 3 atom stereocenters. The van der Waals surface area contributed by atoms with Crippen molar-refractivity contribution < 1.29 is 24.4 Å². The Bertz CT molecular complexity index is 434. The summed E-state index contributed by atoms with van der Waals surface area (Å²) < 4.78 is 17.4. The van der Waals surface area contributed by atoms with E-state index in [0.29, 0.717) is 26.2 Å². The molecule has 1 aromatic rings. The predicted octanol–water partition coefficient (Wildman–Crippen LogP) is 1.71. The van der Waals surface area contributed by atoms with Gasteiger partial charge in [0.25, 0.3) is 0 Å². The van der Waals surface area contributed by atoms with Crippen LogP contribution in [0.4, 0.5) is 0 Å². The summed E-state index contributed by atoms with van der Waals surface area (Å²) in [5, 5.41) is 18.7. The molecule has 124 valence electrons. The molecule has 1 heterocycles. The molecule has 0 aliphatic carbocycles. The van der Waals surface area contributed by atoms with Crippen LogP contribution >= 0.6 is 0 Å². The summed E-state index contributed by atoms with van der Waals surface area (Å²) in [5.74, 6) is -0.646. The van der Waals surface area contributed by atoms with Gasteiger partial charge in [-0.1, -0.05) is 30.3 Å². The first-order valence-corrected chi connectivity index (χ1v) is 7.72. The zero-order chi connectivity index (χ0) is 16.0. The maximum absolute atomic E-state index is 9.66. The Kier molecular flexibility index (Phi) is 6.35. The minimum absolute atomic E-state index is 0.00551. The fourth-order valence-electron chi connectivity index (χ4n) is 2.59. The summed E-state index contributed by atoms with van der Waals surface area (Å²) >= 11 is 0. The molecule has 2 rings (SSSR count). The van der Waals surface area contributed by atoms with Crippen molar-refractivity contribution >= 4 is 0 Å². The lowest BCUT2D eigenvalue weighted by atomic mass is 9.95. The Morgan fingerprint density at radius 1 is 1.32 bits per heavy atom. The van der Waals surface area contributed by atoms with Crippen molar-refractivity contribution in [1.82, 2.24) is 0 Å². The molecule has 1 aromatic carbocycles. The largest absolute Gasteiger partial charge is 0.394 e. The molecule has 0 amide bonds. The van der Waals surface area contributed by atoms with Crippen LogP contribution in [0.5, 0.6) is 0 Å². The van der Waals surface area contributed by atoms with Crippen molar-refractivity contribution in [3.05, 3.63) is 35.9 Å². The molecule has 1 fully saturated rings. The van der Waals surface area contributed by atoms with Gasteiger partial charge in [-0.2, -0.15) is 0 Å². The number of aliphatic hydroxyl groups excluding tert-OH is 2. The lowest BCUT2D eigenvalue weighted by molar-refractivity contribution is -0.302. The first kappa shape index (κ1) is 17.4. The molecule has 2 N–H and O–H groups in total. The second kappa shape index (κ2) is 8.04. The van der Waals surface area contributed by atoms with E-state index in [4.69, 9.17) is 19.3 Å². The van der Waals surface area contributed by atoms with Crippen molar-refractivity contribution in [1.29, 1.82) is 0 Å². The van der Waals surface area contributed by atoms with Crippen LogP contribution in [-0.2, 0) is 20.8 Å².